The van der Waals surface area contributed by atoms with E-state index >= 15 is 0 Å². The Morgan fingerprint density at radius 1 is 1.46 bits per heavy atom. The highest BCUT2D eigenvalue weighted by Gasteiger charge is 2.00. The van der Waals surface area contributed by atoms with Crippen molar-refractivity contribution in [2.45, 2.75) is 13.3 Å². The molecule has 0 amide bonds. The molecule has 0 spiro atoms. The van der Waals surface area contributed by atoms with E-state index in [4.69, 9.17) is 30.1 Å². The molecule has 0 aliphatic carbocycles. The molecule has 0 radical (unpaired) electrons. The lowest BCUT2D eigenvalue weighted by Crippen LogP contribution is -2.01. The molecule has 0 aromatic rings. The van der Waals surface area contributed by atoms with Crippen LogP contribution in [0.5, 0.6) is 0 Å². The number of aliphatic carboxylic acids is 1. The molecule has 0 fully saturated rings. The normalized spacial score (nSPS) is 11.5. The molecule has 0 saturated heterocycles. The largest absolute Gasteiger partial charge is 0.478 e. The van der Waals surface area contributed by atoms with E-state index in [2.05, 4.69) is 0 Å². The van der Waals surface area contributed by atoms with Gasteiger partial charge in [-0.05, 0) is 6.42 Å². The maximum absolute atomic E-state index is 10.0. The van der Waals surface area contributed by atoms with E-state index < -0.39 is 13.8 Å². The van der Waals surface area contributed by atoms with Crippen LogP contribution in [-0.2, 0) is 9.36 Å². The van der Waals surface area contributed by atoms with Gasteiger partial charge in [0.2, 0.25) is 0 Å². The number of nitrogens with two attached hydrogens (primary N) is 1. The highest BCUT2D eigenvalue weighted by molar-refractivity contribution is 7.45. The predicted molar refractivity (Wildman–Crippen MR) is 44.5 cm³/mol. The Hall–Kier alpha value is -0.880. The fourth-order valence-corrected chi connectivity index (χ4v) is 0.340. The smallest absolute Gasteiger partial charge is 0.466 e. The number of phosphoric acid groups is 1. The number of carbonyl (C=O) groups is 1. The van der Waals surface area contributed by atoms with Crippen LogP contribution in [0, 0.1) is 0 Å². The lowest BCUT2D eigenvalue weighted by Gasteiger charge is -1.90. The molecule has 78 valence electrons. The third-order valence-electron chi connectivity index (χ3n) is 0.857. The Labute approximate surface area is 74.7 Å². The summed E-state index contributed by atoms with van der Waals surface area (Å²) in [7, 11) is -4.64. The van der Waals surface area contributed by atoms with Gasteiger partial charge in [-0.15, -0.1) is 0 Å². The zero-order valence-corrected chi connectivity index (χ0v) is 7.81. The number of hydrogen-bond donors (Lipinski definition) is 5. The first kappa shape index (κ1) is 14.6. The lowest BCUT2D eigenvalue weighted by molar-refractivity contribution is -0.132. The van der Waals surface area contributed by atoms with Crippen molar-refractivity contribution in [3.63, 3.8) is 0 Å². The molecule has 0 aromatic heterocycles. The Morgan fingerprint density at radius 2 is 1.77 bits per heavy atom. The van der Waals surface area contributed by atoms with Gasteiger partial charge < -0.3 is 25.5 Å². The van der Waals surface area contributed by atoms with Crippen LogP contribution in [0.15, 0.2) is 11.8 Å². The summed E-state index contributed by atoms with van der Waals surface area (Å²) in [5.74, 6) is -0.935. The van der Waals surface area contributed by atoms with Crippen molar-refractivity contribution in [3.05, 3.63) is 11.8 Å². The van der Waals surface area contributed by atoms with Gasteiger partial charge in [0.25, 0.3) is 0 Å². The fraction of sp³-hybridized carbons (Fsp3) is 0.400. The van der Waals surface area contributed by atoms with E-state index in [0.29, 0.717) is 6.42 Å². The molecule has 0 atom stereocenters. The fourth-order valence-electron chi connectivity index (χ4n) is 0.340. The van der Waals surface area contributed by atoms with Crippen LogP contribution in [0.2, 0.25) is 0 Å². The number of hydrogen-bond acceptors (Lipinski definition) is 3. The van der Waals surface area contributed by atoms with Gasteiger partial charge in [0.05, 0.1) is 5.57 Å². The lowest BCUT2D eigenvalue weighted by atomic mass is 10.2. The molecule has 0 unspecified atom stereocenters. The molecule has 0 aromatic carbocycles. The van der Waals surface area contributed by atoms with Crippen molar-refractivity contribution < 1.29 is 29.1 Å². The van der Waals surface area contributed by atoms with Gasteiger partial charge in [-0.3, -0.25) is 0 Å². The van der Waals surface area contributed by atoms with Gasteiger partial charge in [-0.2, -0.15) is 0 Å². The molecule has 0 bridgehead atoms. The van der Waals surface area contributed by atoms with Crippen molar-refractivity contribution in [3.8, 4) is 0 Å². The summed E-state index contributed by atoms with van der Waals surface area (Å²) in [4.78, 5) is 31.6. The van der Waals surface area contributed by atoms with Crippen LogP contribution in [0.1, 0.15) is 13.3 Å². The van der Waals surface area contributed by atoms with Gasteiger partial charge in [0.1, 0.15) is 0 Å². The average Bonchev–Trinajstić information content (AvgIpc) is 1.85. The number of carboxylic acid groups (broad SMARTS) is 1. The summed E-state index contributed by atoms with van der Waals surface area (Å²) in [5, 5.41) is 8.22. The predicted octanol–water partition coefficient (Wildman–Crippen LogP) is -0.605. The van der Waals surface area contributed by atoms with Crippen molar-refractivity contribution in [2.75, 3.05) is 0 Å². The number of rotatable bonds is 2. The monoisotopic (exact) mass is 213 g/mol. The van der Waals surface area contributed by atoms with E-state index in [1.54, 1.807) is 6.92 Å². The Kier molecular flexibility index (Phi) is 7.45. The molecule has 0 aliphatic heterocycles. The van der Waals surface area contributed by atoms with Gasteiger partial charge in [0.15, 0.2) is 0 Å². The summed E-state index contributed by atoms with van der Waals surface area (Å²) in [6.07, 6.45) is 1.59. The first-order chi connectivity index (χ1) is 5.72. The SMILES string of the molecule is CCC(=CN)C(=O)O.O=P(O)(O)O. The highest BCUT2D eigenvalue weighted by atomic mass is 31.2. The van der Waals surface area contributed by atoms with E-state index in [1.807, 2.05) is 0 Å². The van der Waals surface area contributed by atoms with E-state index in [0.717, 1.165) is 6.20 Å². The summed E-state index contributed by atoms with van der Waals surface area (Å²) in [6.45, 7) is 1.74. The zero-order valence-electron chi connectivity index (χ0n) is 6.91. The highest BCUT2D eigenvalue weighted by Crippen LogP contribution is 2.25. The van der Waals surface area contributed by atoms with Crippen LogP contribution in [0.25, 0.3) is 0 Å². The van der Waals surface area contributed by atoms with Crippen LogP contribution in [-0.4, -0.2) is 25.8 Å². The topological polar surface area (TPSA) is 141 Å². The van der Waals surface area contributed by atoms with Crippen molar-refractivity contribution in [2.24, 2.45) is 5.73 Å². The molecule has 0 heterocycles. The Bertz CT molecular complexity index is 223. The van der Waals surface area contributed by atoms with Crippen LogP contribution in [0.4, 0.5) is 0 Å². The summed E-state index contributed by atoms with van der Waals surface area (Å²) < 4.78 is 8.88. The minimum Gasteiger partial charge on any atom is -0.478 e. The average molecular weight is 213 g/mol. The third kappa shape index (κ3) is 18.2. The van der Waals surface area contributed by atoms with Gasteiger partial charge >= 0.3 is 13.8 Å². The second kappa shape index (κ2) is 6.62. The molecule has 0 saturated carbocycles. The van der Waals surface area contributed by atoms with E-state index in [9.17, 15) is 4.79 Å². The van der Waals surface area contributed by atoms with Crippen LogP contribution >= 0.6 is 7.82 Å². The molecule has 6 N–H and O–H groups in total. The molecule has 0 aliphatic rings. The summed E-state index contributed by atoms with van der Waals surface area (Å²) in [6, 6.07) is 0. The van der Waals surface area contributed by atoms with Gasteiger partial charge in [0, 0.05) is 6.20 Å². The van der Waals surface area contributed by atoms with Crippen molar-refractivity contribution >= 4 is 13.8 Å². The molecule has 13 heavy (non-hydrogen) atoms. The zero-order chi connectivity index (χ0) is 11.1. The summed E-state index contributed by atoms with van der Waals surface area (Å²) in [5.41, 5.74) is 5.20. The van der Waals surface area contributed by atoms with Crippen molar-refractivity contribution in [1.29, 1.82) is 0 Å². The van der Waals surface area contributed by atoms with E-state index in [-0.39, 0.29) is 5.57 Å². The maximum Gasteiger partial charge on any atom is 0.466 e. The third-order valence-corrected chi connectivity index (χ3v) is 0.857. The molecular weight excluding hydrogens is 201 g/mol. The minimum absolute atomic E-state index is 0.255. The van der Waals surface area contributed by atoms with E-state index in [1.165, 1.54) is 0 Å². The van der Waals surface area contributed by atoms with Crippen molar-refractivity contribution in [1.82, 2.24) is 0 Å². The molecule has 8 heteroatoms. The summed E-state index contributed by atoms with van der Waals surface area (Å²) >= 11 is 0. The minimum atomic E-state index is -4.64. The molecular formula is C5H12NO6P. The number of carboxylic acids is 1. The first-order valence-corrected chi connectivity index (χ1v) is 4.71. The standard InChI is InChI=1S/C5H9NO2.H3O4P/c1-2-4(3-6)5(7)8;1-5(2,3)4/h3H,2,6H2,1H3,(H,7,8);(H3,1,2,3,4). The van der Waals surface area contributed by atoms with Crippen LogP contribution < -0.4 is 5.73 Å². The first-order valence-electron chi connectivity index (χ1n) is 3.14. The molecule has 7 nitrogen and oxygen atoms in total. The maximum atomic E-state index is 10.0. The molecule has 0 rings (SSSR count). The second-order valence-electron chi connectivity index (χ2n) is 1.86. The van der Waals surface area contributed by atoms with Gasteiger partial charge in [-0.25, -0.2) is 9.36 Å². The van der Waals surface area contributed by atoms with Gasteiger partial charge in [-0.1, -0.05) is 6.92 Å². The quantitative estimate of drug-likeness (QED) is 0.304. The Morgan fingerprint density at radius 3 is 1.77 bits per heavy atom. The second-order valence-corrected chi connectivity index (χ2v) is 2.89. The van der Waals surface area contributed by atoms with Crippen LogP contribution in [0.3, 0.4) is 0 Å². The Balaban J connectivity index is 0.